The van der Waals surface area contributed by atoms with Gasteiger partial charge in [-0.15, -0.1) is 0 Å². The second kappa shape index (κ2) is 9.93. The highest BCUT2D eigenvalue weighted by Crippen LogP contribution is 3.02. The van der Waals surface area contributed by atoms with Gasteiger partial charge in [0.1, 0.15) is 16.5 Å². The number of benzene rings is 3. The first-order chi connectivity index (χ1) is 19.9. The third-order valence-corrected chi connectivity index (χ3v) is 9.19. The maximum Gasteiger partial charge on any atom is 0.335 e. The van der Waals surface area contributed by atoms with E-state index in [0.29, 0.717) is 24.8 Å². The molecule has 0 spiro atoms. The summed E-state index contributed by atoms with van der Waals surface area (Å²) in [5.41, 5.74) is -0.246. The lowest BCUT2D eigenvalue weighted by molar-refractivity contribution is -0.122. The van der Waals surface area contributed by atoms with Crippen molar-refractivity contribution >= 4 is 33.7 Å². The van der Waals surface area contributed by atoms with Gasteiger partial charge in [0.05, 0.1) is 24.2 Å². The van der Waals surface area contributed by atoms with E-state index in [4.69, 9.17) is 9.84 Å². The van der Waals surface area contributed by atoms with Gasteiger partial charge in [-0.2, -0.15) is 0 Å². The monoisotopic (exact) mass is 628 g/mol. The number of anilines is 1. The molecule has 2 aliphatic carbocycles. The van der Waals surface area contributed by atoms with E-state index >= 15 is 0 Å². The van der Waals surface area contributed by atoms with Gasteiger partial charge in [0, 0.05) is 23.4 Å². The van der Waals surface area contributed by atoms with Crippen LogP contribution in [0.5, 0.6) is 5.75 Å². The molecule has 7 nitrogen and oxygen atoms in total. The number of ether oxygens (including phenoxy) is 1. The van der Waals surface area contributed by atoms with Crippen LogP contribution >= 0.6 is 10.2 Å². The van der Waals surface area contributed by atoms with Gasteiger partial charge in [0.15, 0.2) is 0 Å². The number of carbonyl (C=O) groups excluding carboxylic acids is 2. The Kier molecular flexibility index (Phi) is 6.99. The molecule has 5 rings (SSSR count). The highest BCUT2D eigenvalue weighted by molar-refractivity contribution is 8.45. The fourth-order valence-electron chi connectivity index (χ4n) is 6.06. The molecule has 0 saturated heterocycles. The summed E-state index contributed by atoms with van der Waals surface area (Å²) >= 11 is 0. The van der Waals surface area contributed by atoms with Gasteiger partial charge in [-0.25, -0.2) is 9.18 Å². The Bertz CT molecular complexity index is 1630. The molecule has 3 aromatic rings. The van der Waals surface area contributed by atoms with Crippen molar-refractivity contribution in [2.45, 2.75) is 30.2 Å². The molecule has 2 bridgehead atoms. The molecular weight excluding hydrogens is 602 g/mol. The normalized spacial score (nSPS) is 22.8. The molecule has 3 N–H and O–H groups in total. The zero-order valence-corrected chi connectivity index (χ0v) is 23.3. The van der Waals surface area contributed by atoms with Crippen LogP contribution in [0.25, 0.3) is 11.1 Å². The lowest BCUT2D eigenvalue weighted by Crippen LogP contribution is -2.48. The predicted octanol–water partition coefficient (Wildman–Crippen LogP) is 7.64. The van der Waals surface area contributed by atoms with Crippen molar-refractivity contribution in [3.63, 3.8) is 0 Å². The van der Waals surface area contributed by atoms with Crippen LogP contribution in [-0.4, -0.2) is 36.0 Å². The number of nitrogens with one attached hydrogen (secondary N) is 2. The van der Waals surface area contributed by atoms with Crippen molar-refractivity contribution in [3.8, 4) is 16.9 Å². The maximum absolute atomic E-state index is 15.0. The number of aromatic carboxylic acids is 1. The number of carboxylic acids is 1. The number of halogens is 6. The number of hydrogen-bond donors (Lipinski definition) is 3. The summed E-state index contributed by atoms with van der Waals surface area (Å²) in [6.45, 7) is 0. The van der Waals surface area contributed by atoms with E-state index in [2.05, 4.69) is 10.6 Å². The largest absolute Gasteiger partial charge is 0.496 e. The number of hydrogen-bond acceptors (Lipinski definition) is 4. The fourth-order valence-corrected chi connectivity index (χ4v) is 6.75. The molecule has 0 heterocycles. The van der Waals surface area contributed by atoms with E-state index in [1.54, 1.807) is 0 Å². The molecule has 0 aromatic heterocycles. The van der Waals surface area contributed by atoms with Crippen molar-refractivity contribution in [1.82, 2.24) is 5.32 Å². The van der Waals surface area contributed by atoms with Crippen LogP contribution in [0.1, 0.15) is 40.0 Å². The number of amides is 2. The van der Waals surface area contributed by atoms with Crippen LogP contribution in [0.2, 0.25) is 0 Å². The molecule has 2 aliphatic rings. The van der Waals surface area contributed by atoms with Crippen LogP contribution < -0.4 is 15.4 Å². The second-order valence-electron chi connectivity index (χ2n) is 10.8. The summed E-state index contributed by atoms with van der Waals surface area (Å²) < 4.78 is 86.8. The van der Waals surface area contributed by atoms with Gasteiger partial charge in [-0.3, -0.25) is 9.59 Å². The minimum absolute atomic E-state index is 0.00559. The van der Waals surface area contributed by atoms with Crippen molar-refractivity contribution in [2.75, 3.05) is 12.4 Å². The highest BCUT2D eigenvalue weighted by Gasteiger charge is 2.65. The second-order valence-corrected chi connectivity index (χ2v) is 13.2. The smallest absolute Gasteiger partial charge is 0.335 e. The number of carbonyl (C=O) groups is 3. The Morgan fingerprint density at radius 1 is 0.930 bits per heavy atom. The van der Waals surface area contributed by atoms with Crippen LogP contribution in [0, 0.1) is 23.6 Å². The van der Waals surface area contributed by atoms with E-state index in [1.165, 1.54) is 37.4 Å². The van der Waals surface area contributed by atoms with Crippen molar-refractivity contribution in [2.24, 2.45) is 17.8 Å². The SMILES string of the molecule is COc1cc(F)c(-c2ccc(C(=O)O)cc2)cc1C(=O)NC1C2CCC(C2)C1C(=O)Nc1cccc(S(F)(F)(F)(F)F)c1. The summed E-state index contributed by atoms with van der Waals surface area (Å²) in [5.74, 6) is -4.61. The van der Waals surface area contributed by atoms with Gasteiger partial charge < -0.3 is 20.5 Å². The Balaban J connectivity index is 1.40. The Labute approximate surface area is 242 Å². The first-order valence-electron chi connectivity index (χ1n) is 13.1. The first kappa shape index (κ1) is 30.3. The average molecular weight is 629 g/mol. The topological polar surface area (TPSA) is 105 Å². The standard InChI is InChI=1S/C29H26F6N2O5S/c1-42-24-14-23(30)21(15-5-7-16(8-6-15)29(40)41)13-22(24)27(38)37-26-18-10-9-17(11-18)25(26)28(39)36-19-3-2-4-20(12-19)43(31,32,33,34)35/h2-8,12-14,17-18,25-26H,9-11H2,1H3,(H,36,39)(H,37,38)(H,40,41). The summed E-state index contributed by atoms with van der Waals surface area (Å²) in [7, 11) is -8.74. The molecule has 2 fully saturated rings. The molecule has 2 saturated carbocycles. The van der Waals surface area contributed by atoms with Gasteiger partial charge in [-0.1, -0.05) is 37.6 Å². The highest BCUT2D eigenvalue weighted by atomic mass is 32.5. The van der Waals surface area contributed by atoms with Crippen molar-refractivity contribution in [3.05, 3.63) is 77.6 Å². The molecule has 2 amide bonds. The Morgan fingerprint density at radius 3 is 2.23 bits per heavy atom. The molecule has 230 valence electrons. The molecule has 4 unspecified atom stereocenters. The Morgan fingerprint density at radius 2 is 1.60 bits per heavy atom. The van der Waals surface area contributed by atoms with Crippen LogP contribution in [-0.2, 0) is 4.79 Å². The van der Waals surface area contributed by atoms with E-state index < -0.39 is 56.4 Å². The number of rotatable bonds is 8. The quantitative estimate of drug-likeness (QED) is 0.223. The van der Waals surface area contributed by atoms with E-state index in [-0.39, 0.29) is 46.4 Å². The minimum atomic E-state index is -9.98. The van der Waals surface area contributed by atoms with Gasteiger partial charge in [0.25, 0.3) is 5.91 Å². The molecule has 0 aliphatic heterocycles. The van der Waals surface area contributed by atoms with Crippen LogP contribution in [0.3, 0.4) is 0 Å². The zero-order chi connectivity index (χ0) is 31.4. The third kappa shape index (κ3) is 6.14. The average Bonchev–Trinajstić information content (AvgIpc) is 3.54. The summed E-state index contributed by atoms with van der Waals surface area (Å²) in [6.07, 6.45) is 1.88. The number of methoxy groups -OCH3 is 1. The number of carboxylic acid groups (broad SMARTS) is 1. The zero-order valence-electron chi connectivity index (χ0n) is 22.5. The molecule has 14 heteroatoms. The summed E-state index contributed by atoms with van der Waals surface area (Å²) in [5, 5.41) is 14.3. The lowest BCUT2D eigenvalue weighted by Gasteiger charge is -2.40. The fraction of sp³-hybridized carbons (Fsp3) is 0.276. The minimum Gasteiger partial charge on any atom is -0.496 e. The lowest BCUT2D eigenvalue weighted by atomic mass is 9.83. The molecule has 0 radical (unpaired) electrons. The van der Waals surface area contributed by atoms with Gasteiger partial charge in [0.2, 0.25) is 5.91 Å². The maximum atomic E-state index is 15.0. The predicted molar refractivity (Wildman–Crippen MR) is 147 cm³/mol. The molecule has 43 heavy (non-hydrogen) atoms. The molecule has 4 atom stereocenters. The van der Waals surface area contributed by atoms with E-state index in [0.717, 1.165) is 18.2 Å². The van der Waals surface area contributed by atoms with E-state index in [9.17, 15) is 38.2 Å². The third-order valence-electron chi connectivity index (χ3n) is 8.04. The first-order valence-corrected chi connectivity index (χ1v) is 15.1. The molecular formula is C29H26F6N2O5S. The van der Waals surface area contributed by atoms with Gasteiger partial charge in [-0.05, 0) is 73.1 Å². The summed E-state index contributed by atoms with van der Waals surface area (Å²) in [4.78, 5) is 35.9. The van der Waals surface area contributed by atoms with Crippen molar-refractivity contribution < 1.29 is 48.0 Å². The summed E-state index contributed by atoms with van der Waals surface area (Å²) in [6, 6.07) is 9.12. The van der Waals surface area contributed by atoms with Crippen LogP contribution in [0.15, 0.2) is 65.6 Å². The van der Waals surface area contributed by atoms with Crippen LogP contribution in [0.4, 0.5) is 29.5 Å². The Hall–Kier alpha value is -4.20. The van der Waals surface area contributed by atoms with E-state index in [1.807, 2.05) is 0 Å². The number of fused-ring (bicyclic) bond motifs is 2. The van der Waals surface area contributed by atoms with Gasteiger partial charge >= 0.3 is 16.2 Å². The van der Waals surface area contributed by atoms with Crippen molar-refractivity contribution in [1.29, 1.82) is 0 Å². The molecule has 3 aromatic carbocycles.